The fourth-order valence-corrected chi connectivity index (χ4v) is 2.25. The maximum atomic E-state index is 12.8. The molecule has 0 amide bonds. The second-order valence-corrected chi connectivity index (χ2v) is 6.28. The van der Waals surface area contributed by atoms with Gasteiger partial charge in [0.1, 0.15) is 10.7 Å². The second-order valence-electron chi connectivity index (χ2n) is 3.95. The highest BCUT2D eigenvalue weighted by Crippen LogP contribution is 2.11. The Labute approximate surface area is 105 Å². The van der Waals surface area contributed by atoms with Crippen molar-refractivity contribution < 1.29 is 12.8 Å². The first kappa shape index (κ1) is 14.3. The van der Waals surface area contributed by atoms with Crippen LogP contribution in [0.2, 0.25) is 0 Å². The van der Waals surface area contributed by atoms with E-state index in [-0.39, 0.29) is 22.7 Å². The maximum Gasteiger partial charge on any atom is 0.242 e. The number of sulfonamides is 1. The lowest BCUT2D eigenvalue weighted by molar-refractivity contribution is 0.553. The minimum Gasteiger partial charge on any atom is -0.260 e. The highest BCUT2D eigenvalue weighted by atomic mass is 35.5. The quantitative estimate of drug-likeness (QED) is 0.836. The molecule has 96 valence electrons. The van der Waals surface area contributed by atoms with Gasteiger partial charge >= 0.3 is 0 Å². The number of pyridine rings is 1. The lowest BCUT2D eigenvalue weighted by atomic mass is 10.1. The Morgan fingerprint density at radius 1 is 1.47 bits per heavy atom. The van der Waals surface area contributed by atoms with E-state index in [1.54, 1.807) is 0 Å². The van der Waals surface area contributed by atoms with Gasteiger partial charge in [-0.1, -0.05) is 13.8 Å². The molecule has 0 spiro atoms. The summed E-state index contributed by atoms with van der Waals surface area (Å²) in [6.45, 7) is 3.86. The molecular formula is C10H14ClFN2O2S. The van der Waals surface area contributed by atoms with Crippen LogP contribution in [-0.2, 0) is 10.0 Å². The number of aromatic nitrogens is 1. The molecule has 0 aliphatic carbocycles. The van der Waals surface area contributed by atoms with E-state index in [4.69, 9.17) is 11.6 Å². The Bertz CT molecular complexity index is 479. The van der Waals surface area contributed by atoms with Crippen molar-refractivity contribution in [3.8, 4) is 0 Å². The summed E-state index contributed by atoms with van der Waals surface area (Å²) >= 11 is 5.92. The first-order valence-electron chi connectivity index (χ1n) is 5.07. The molecule has 1 unspecified atom stereocenters. The molecule has 1 heterocycles. The van der Waals surface area contributed by atoms with Gasteiger partial charge in [0.15, 0.2) is 0 Å². The van der Waals surface area contributed by atoms with Crippen LogP contribution >= 0.6 is 11.6 Å². The van der Waals surface area contributed by atoms with Gasteiger partial charge in [-0.25, -0.2) is 17.5 Å². The number of halogens is 2. The second kappa shape index (κ2) is 5.75. The number of nitrogens with zero attached hydrogens (tertiary/aromatic N) is 1. The van der Waals surface area contributed by atoms with Crippen molar-refractivity contribution in [3.63, 3.8) is 0 Å². The van der Waals surface area contributed by atoms with Crippen molar-refractivity contribution in [2.75, 3.05) is 6.54 Å². The Kier molecular flexibility index (Phi) is 4.85. The molecule has 0 radical (unpaired) electrons. The summed E-state index contributed by atoms with van der Waals surface area (Å²) in [5.41, 5.74) is 0. The maximum absolute atomic E-state index is 12.8. The molecule has 1 N–H and O–H groups in total. The summed E-state index contributed by atoms with van der Waals surface area (Å²) in [4.78, 5) is 3.28. The molecule has 0 aromatic carbocycles. The Hall–Kier alpha value is -0.720. The van der Waals surface area contributed by atoms with Gasteiger partial charge in [0.05, 0.1) is 6.20 Å². The first-order chi connectivity index (χ1) is 7.83. The van der Waals surface area contributed by atoms with Gasteiger partial charge in [-0.15, -0.1) is 11.6 Å². The van der Waals surface area contributed by atoms with Crippen molar-refractivity contribution in [2.24, 2.45) is 5.92 Å². The molecule has 0 aliphatic heterocycles. The highest BCUT2D eigenvalue weighted by molar-refractivity contribution is 7.89. The third-order valence-corrected chi connectivity index (χ3v) is 4.23. The standard InChI is InChI=1S/C10H14ClFN2O2S/c1-7(2)10(11)6-14-17(15,16)9-3-8(12)4-13-5-9/h3-5,7,10,14H,6H2,1-2H3. The molecule has 17 heavy (non-hydrogen) atoms. The van der Waals surface area contributed by atoms with Gasteiger partial charge in [-0.2, -0.15) is 0 Å². The molecule has 1 rings (SSSR count). The molecule has 0 saturated heterocycles. The lowest BCUT2D eigenvalue weighted by Gasteiger charge is -2.14. The average Bonchev–Trinajstić information content (AvgIpc) is 2.26. The van der Waals surface area contributed by atoms with Crippen LogP contribution in [0.3, 0.4) is 0 Å². The minimum absolute atomic E-state index is 0.0953. The van der Waals surface area contributed by atoms with Crippen molar-refractivity contribution in [2.45, 2.75) is 24.1 Å². The van der Waals surface area contributed by atoms with E-state index in [1.807, 2.05) is 13.8 Å². The van der Waals surface area contributed by atoms with Crippen LogP contribution in [0.4, 0.5) is 4.39 Å². The number of rotatable bonds is 5. The fourth-order valence-electron chi connectivity index (χ4n) is 1.05. The number of nitrogens with one attached hydrogen (secondary N) is 1. The summed E-state index contributed by atoms with van der Waals surface area (Å²) in [5.74, 6) is -0.552. The molecule has 0 aliphatic rings. The van der Waals surface area contributed by atoms with Gasteiger partial charge in [-0.05, 0) is 12.0 Å². The van der Waals surface area contributed by atoms with Crippen molar-refractivity contribution in [1.82, 2.24) is 9.71 Å². The number of hydrogen-bond donors (Lipinski definition) is 1. The summed E-state index contributed by atoms with van der Waals surface area (Å²) in [5, 5.41) is -0.314. The van der Waals surface area contributed by atoms with Crippen LogP contribution in [-0.4, -0.2) is 25.3 Å². The average molecular weight is 281 g/mol. The first-order valence-corrected chi connectivity index (χ1v) is 6.99. The van der Waals surface area contributed by atoms with Gasteiger partial charge in [-0.3, -0.25) is 4.98 Å². The fraction of sp³-hybridized carbons (Fsp3) is 0.500. The summed E-state index contributed by atoms with van der Waals surface area (Å²) < 4.78 is 38.6. The van der Waals surface area contributed by atoms with Crippen LogP contribution in [0, 0.1) is 11.7 Å². The van der Waals surface area contributed by atoms with Crippen LogP contribution < -0.4 is 4.72 Å². The molecule has 1 aromatic heterocycles. The van der Waals surface area contributed by atoms with Crippen LogP contribution in [0.15, 0.2) is 23.4 Å². The van der Waals surface area contributed by atoms with E-state index >= 15 is 0 Å². The Morgan fingerprint density at radius 3 is 2.65 bits per heavy atom. The largest absolute Gasteiger partial charge is 0.260 e. The molecular weight excluding hydrogens is 267 g/mol. The zero-order valence-electron chi connectivity index (χ0n) is 9.52. The highest BCUT2D eigenvalue weighted by Gasteiger charge is 2.18. The molecule has 0 fully saturated rings. The summed E-state index contributed by atoms with van der Waals surface area (Å²) in [6.07, 6.45) is 2.03. The van der Waals surface area contributed by atoms with Crippen LogP contribution in [0.1, 0.15) is 13.8 Å². The van der Waals surface area contributed by atoms with Crippen LogP contribution in [0.5, 0.6) is 0 Å². The summed E-state index contributed by atoms with van der Waals surface area (Å²) in [6, 6.07) is 0.911. The van der Waals surface area contributed by atoms with Gasteiger partial charge in [0, 0.05) is 18.1 Å². The Morgan fingerprint density at radius 2 is 2.12 bits per heavy atom. The SMILES string of the molecule is CC(C)C(Cl)CNS(=O)(=O)c1cncc(F)c1. The van der Waals surface area contributed by atoms with Crippen molar-refractivity contribution >= 4 is 21.6 Å². The molecule has 0 bridgehead atoms. The zero-order chi connectivity index (χ0) is 13.1. The van der Waals surface area contributed by atoms with Gasteiger partial charge in [0.2, 0.25) is 10.0 Å². The summed E-state index contributed by atoms with van der Waals surface area (Å²) in [7, 11) is -3.75. The van der Waals surface area contributed by atoms with E-state index in [9.17, 15) is 12.8 Å². The molecule has 4 nitrogen and oxygen atoms in total. The molecule has 7 heteroatoms. The zero-order valence-corrected chi connectivity index (χ0v) is 11.1. The van der Waals surface area contributed by atoms with Crippen LogP contribution in [0.25, 0.3) is 0 Å². The third-order valence-electron chi connectivity index (χ3n) is 2.18. The monoisotopic (exact) mass is 280 g/mol. The van der Waals surface area contributed by atoms with Crippen molar-refractivity contribution in [1.29, 1.82) is 0 Å². The Balaban J connectivity index is 2.76. The number of alkyl halides is 1. The van der Waals surface area contributed by atoms with E-state index in [2.05, 4.69) is 9.71 Å². The van der Waals surface area contributed by atoms with E-state index in [1.165, 1.54) is 0 Å². The van der Waals surface area contributed by atoms with E-state index < -0.39 is 15.8 Å². The minimum atomic E-state index is -3.75. The third kappa shape index (κ3) is 4.22. The lowest BCUT2D eigenvalue weighted by Crippen LogP contribution is -2.32. The number of hydrogen-bond acceptors (Lipinski definition) is 3. The predicted octanol–water partition coefficient (Wildman–Crippen LogP) is 1.76. The van der Waals surface area contributed by atoms with E-state index in [0.29, 0.717) is 0 Å². The van der Waals surface area contributed by atoms with E-state index in [0.717, 1.165) is 18.5 Å². The smallest absolute Gasteiger partial charge is 0.242 e. The van der Waals surface area contributed by atoms with Gasteiger partial charge in [0.25, 0.3) is 0 Å². The molecule has 0 saturated carbocycles. The molecule has 1 aromatic rings. The van der Waals surface area contributed by atoms with Gasteiger partial charge < -0.3 is 0 Å². The topological polar surface area (TPSA) is 59.1 Å². The van der Waals surface area contributed by atoms with Crippen molar-refractivity contribution in [3.05, 3.63) is 24.3 Å². The molecule has 1 atom stereocenters. The normalized spacial score (nSPS) is 13.9. The predicted molar refractivity (Wildman–Crippen MR) is 63.9 cm³/mol.